The summed E-state index contributed by atoms with van der Waals surface area (Å²) in [5.74, 6) is -0.276. The number of nitrogens with one attached hydrogen (secondary N) is 2. The molecule has 3 amide bonds. The number of ether oxygens (including phenoxy) is 1. The smallest absolute Gasteiger partial charge is 0.325 e. The van der Waals surface area contributed by atoms with Gasteiger partial charge in [0, 0.05) is 0 Å². The molecule has 0 saturated heterocycles. The molecule has 7 nitrogen and oxygen atoms in total. The van der Waals surface area contributed by atoms with Crippen molar-refractivity contribution >= 4 is 29.7 Å². The Morgan fingerprint density at radius 2 is 2.06 bits per heavy atom. The Morgan fingerprint density at radius 3 is 2.56 bits per heavy atom. The van der Waals surface area contributed by atoms with Crippen molar-refractivity contribution in [2.24, 2.45) is 5.73 Å². The monoisotopic (exact) mass is 277 g/mol. The number of nitrogens with two attached hydrogens (primary N) is 1. The Morgan fingerprint density at radius 1 is 1.39 bits per heavy atom. The molecule has 4 N–H and O–H groups in total. The van der Waals surface area contributed by atoms with Gasteiger partial charge in [-0.2, -0.15) is 11.8 Å². The number of carbonyl (C=O) groups is 3. The van der Waals surface area contributed by atoms with Crippen LogP contribution in [0.5, 0.6) is 0 Å². The number of primary amides is 1. The van der Waals surface area contributed by atoms with Gasteiger partial charge in [0.25, 0.3) is 0 Å². The van der Waals surface area contributed by atoms with E-state index in [9.17, 15) is 14.4 Å². The molecule has 0 radical (unpaired) electrons. The molecule has 8 heteroatoms. The minimum Gasteiger partial charge on any atom is -0.465 e. The number of hydrogen-bond donors (Lipinski definition) is 3. The highest BCUT2D eigenvalue weighted by molar-refractivity contribution is 7.98. The molecule has 0 aliphatic heterocycles. The summed E-state index contributed by atoms with van der Waals surface area (Å²) >= 11 is 1.54. The van der Waals surface area contributed by atoms with Gasteiger partial charge in [0.2, 0.25) is 5.91 Å². The second-order valence-electron chi connectivity index (χ2n) is 3.37. The van der Waals surface area contributed by atoms with Crippen molar-refractivity contribution < 1.29 is 19.1 Å². The van der Waals surface area contributed by atoms with Gasteiger partial charge in [-0.15, -0.1) is 0 Å². The van der Waals surface area contributed by atoms with E-state index < -0.39 is 23.9 Å². The standard InChI is InChI=1S/C10H19N3O4S/c1-3-17-8(14)6-12-9(15)7(4-5-18-2)13-10(11)16/h7H,3-6H2,1-2H3,(H,12,15)(H3,11,13,16). The minimum atomic E-state index is -0.771. The van der Waals surface area contributed by atoms with Crippen LogP contribution in [0, 0.1) is 0 Å². The molecular weight excluding hydrogens is 258 g/mol. The Balaban J connectivity index is 4.19. The minimum absolute atomic E-state index is 0.219. The maximum atomic E-state index is 11.7. The fourth-order valence-electron chi connectivity index (χ4n) is 1.17. The number of amides is 3. The van der Waals surface area contributed by atoms with E-state index in [2.05, 4.69) is 15.4 Å². The van der Waals surface area contributed by atoms with E-state index in [0.717, 1.165) is 0 Å². The third-order valence-electron chi connectivity index (χ3n) is 1.96. The molecular formula is C10H19N3O4S. The zero-order chi connectivity index (χ0) is 14.0. The van der Waals surface area contributed by atoms with Crippen LogP contribution in [-0.4, -0.2) is 49.1 Å². The highest BCUT2D eigenvalue weighted by atomic mass is 32.2. The molecule has 18 heavy (non-hydrogen) atoms. The molecule has 0 saturated carbocycles. The molecule has 1 unspecified atom stereocenters. The second-order valence-corrected chi connectivity index (χ2v) is 4.35. The largest absolute Gasteiger partial charge is 0.465 e. The third-order valence-corrected chi connectivity index (χ3v) is 2.60. The van der Waals surface area contributed by atoms with Crippen LogP contribution in [0.2, 0.25) is 0 Å². The van der Waals surface area contributed by atoms with Gasteiger partial charge in [-0.1, -0.05) is 0 Å². The Labute approximate surface area is 110 Å². The number of carbonyl (C=O) groups excluding carboxylic acids is 3. The molecule has 0 aromatic carbocycles. The molecule has 0 aromatic rings. The summed E-state index contributed by atoms with van der Waals surface area (Å²) < 4.78 is 4.66. The second kappa shape index (κ2) is 9.58. The fraction of sp³-hybridized carbons (Fsp3) is 0.700. The van der Waals surface area contributed by atoms with E-state index in [4.69, 9.17) is 5.73 Å². The maximum Gasteiger partial charge on any atom is 0.325 e. The third kappa shape index (κ3) is 7.77. The lowest BCUT2D eigenvalue weighted by atomic mass is 10.2. The van der Waals surface area contributed by atoms with Crippen molar-refractivity contribution in [3.8, 4) is 0 Å². The van der Waals surface area contributed by atoms with Crippen LogP contribution >= 0.6 is 11.8 Å². The Kier molecular flexibility index (Phi) is 8.81. The molecule has 1 atom stereocenters. The van der Waals surface area contributed by atoms with Crippen molar-refractivity contribution in [3.63, 3.8) is 0 Å². The highest BCUT2D eigenvalue weighted by Crippen LogP contribution is 2.00. The van der Waals surface area contributed by atoms with Crippen LogP contribution in [0.1, 0.15) is 13.3 Å². The molecule has 0 spiro atoms. The molecule has 0 bridgehead atoms. The first-order valence-corrected chi connectivity index (χ1v) is 6.88. The lowest BCUT2D eigenvalue weighted by Gasteiger charge is -2.16. The van der Waals surface area contributed by atoms with E-state index in [1.165, 1.54) is 0 Å². The predicted octanol–water partition coefficient (Wildman–Crippen LogP) is -0.544. The van der Waals surface area contributed by atoms with Crippen molar-refractivity contribution in [2.75, 3.05) is 25.2 Å². The Hall–Kier alpha value is -1.44. The van der Waals surface area contributed by atoms with Gasteiger partial charge in [-0.05, 0) is 25.4 Å². The van der Waals surface area contributed by atoms with Crippen molar-refractivity contribution in [3.05, 3.63) is 0 Å². The average molecular weight is 277 g/mol. The first-order chi connectivity index (χ1) is 8.51. The summed E-state index contributed by atoms with van der Waals surface area (Å²) in [5, 5.41) is 4.72. The maximum absolute atomic E-state index is 11.7. The summed E-state index contributed by atoms with van der Waals surface area (Å²) in [4.78, 5) is 33.5. The zero-order valence-electron chi connectivity index (χ0n) is 10.5. The van der Waals surface area contributed by atoms with Crippen molar-refractivity contribution in [1.82, 2.24) is 10.6 Å². The quantitative estimate of drug-likeness (QED) is 0.516. The lowest BCUT2D eigenvalue weighted by Crippen LogP contribution is -2.49. The van der Waals surface area contributed by atoms with E-state index in [1.807, 2.05) is 6.26 Å². The van der Waals surface area contributed by atoms with Crippen LogP contribution in [0.3, 0.4) is 0 Å². The van der Waals surface area contributed by atoms with Crippen LogP contribution in [0.4, 0.5) is 4.79 Å². The molecule has 0 fully saturated rings. The summed E-state index contributed by atoms with van der Waals surface area (Å²) in [5.41, 5.74) is 4.98. The first kappa shape index (κ1) is 16.6. The summed E-state index contributed by atoms with van der Waals surface area (Å²) in [6.45, 7) is 1.71. The number of thioether (sulfide) groups is 1. The van der Waals surface area contributed by atoms with Gasteiger partial charge in [-0.25, -0.2) is 4.79 Å². The van der Waals surface area contributed by atoms with Gasteiger partial charge < -0.3 is 21.1 Å². The summed E-state index contributed by atoms with van der Waals surface area (Å²) in [7, 11) is 0. The molecule has 0 rings (SSSR count). The zero-order valence-corrected chi connectivity index (χ0v) is 11.3. The molecule has 0 aliphatic rings. The molecule has 0 aliphatic carbocycles. The fourth-order valence-corrected chi connectivity index (χ4v) is 1.64. The van der Waals surface area contributed by atoms with Crippen LogP contribution < -0.4 is 16.4 Å². The topological polar surface area (TPSA) is 111 Å². The van der Waals surface area contributed by atoms with Gasteiger partial charge in [0.15, 0.2) is 0 Å². The van der Waals surface area contributed by atoms with E-state index in [1.54, 1.807) is 18.7 Å². The van der Waals surface area contributed by atoms with E-state index in [0.29, 0.717) is 12.2 Å². The summed E-state index contributed by atoms with van der Waals surface area (Å²) in [6, 6.07) is -1.50. The van der Waals surface area contributed by atoms with E-state index >= 15 is 0 Å². The van der Waals surface area contributed by atoms with Crippen LogP contribution in [0.15, 0.2) is 0 Å². The van der Waals surface area contributed by atoms with E-state index in [-0.39, 0.29) is 13.2 Å². The molecule has 0 aromatic heterocycles. The van der Waals surface area contributed by atoms with Crippen molar-refractivity contribution in [1.29, 1.82) is 0 Å². The summed E-state index contributed by atoms with van der Waals surface area (Å²) in [6.07, 6.45) is 2.33. The van der Waals surface area contributed by atoms with Gasteiger partial charge in [0.1, 0.15) is 12.6 Å². The van der Waals surface area contributed by atoms with Gasteiger partial charge in [0.05, 0.1) is 6.61 Å². The molecule has 104 valence electrons. The van der Waals surface area contributed by atoms with Crippen molar-refractivity contribution in [2.45, 2.75) is 19.4 Å². The lowest BCUT2D eigenvalue weighted by molar-refractivity contribution is -0.143. The first-order valence-electron chi connectivity index (χ1n) is 5.49. The molecule has 0 heterocycles. The number of hydrogen-bond acceptors (Lipinski definition) is 5. The normalized spacial score (nSPS) is 11.4. The number of urea groups is 1. The predicted molar refractivity (Wildman–Crippen MR) is 69.1 cm³/mol. The highest BCUT2D eigenvalue weighted by Gasteiger charge is 2.19. The SMILES string of the molecule is CCOC(=O)CNC(=O)C(CCSC)NC(N)=O. The number of rotatable bonds is 8. The number of esters is 1. The Bertz CT molecular complexity index is 299. The van der Waals surface area contributed by atoms with Crippen LogP contribution in [0.25, 0.3) is 0 Å². The van der Waals surface area contributed by atoms with Gasteiger partial charge in [-0.3, -0.25) is 9.59 Å². The average Bonchev–Trinajstić information content (AvgIpc) is 2.31. The van der Waals surface area contributed by atoms with Gasteiger partial charge >= 0.3 is 12.0 Å². The van der Waals surface area contributed by atoms with Crippen LogP contribution in [-0.2, 0) is 14.3 Å².